The molecule has 0 saturated heterocycles. The minimum Gasteiger partial charge on any atom is -0.409 e. The van der Waals surface area contributed by atoms with Crippen LogP contribution in [0.25, 0.3) is 0 Å². The molecular weight excluding hydrogens is 252 g/mol. The summed E-state index contributed by atoms with van der Waals surface area (Å²) in [5.41, 5.74) is 1.09. The zero-order valence-corrected chi connectivity index (χ0v) is 13.9. The summed E-state index contributed by atoms with van der Waals surface area (Å²) in [5, 5.41) is 0.142. The number of hydrogen-bond acceptors (Lipinski definition) is 2. The molecule has 0 saturated carbocycles. The molecule has 0 aliphatic heterocycles. The van der Waals surface area contributed by atoms with E-state index in [1.54, 1.807) is 0 Å². The van der Waals surface area contributed by atoms with Gasteiger partial charge in [-0.15, -0.1) is 0 Å². The maximum absolute atomic E-state index is 11.2. The van der Waals surface area contributed by atoms with E-state index in [9.17, 15) is 4.79 Å². The molecule has 0 amide bonds. The van der Waals surface area contributed by atoms with Crippen molar-refractivity contribution in [2.75, 3.05) is 0 Å². The zero-order chi connectivity index (χ0) is 14.7. The fourth-order valence-corrected chi connectivity index (χ4v) is 3.03. The van der Waals surface area contributed by atoms with Gasteiger partial charge in [0.2, 0.25) is 0 Å². The molecule has 2 atom stereocenters. The number of rotatable bonds is 5. The van der Waals surface area contributed by atoms with Gasteiger partial charge in [-0.05, 0) is 23.7 Å². The van der Waals surface area contributed by atoms with Crippen molar-refractivity contribution in [3.8, 4) is 0 Å². The van der Waals surface area contributed by atoms with Crippen LogP contribution in [0.5, 0.6) is 0 Å². The van der Waals surface area contributed by atoms with Crippen LogP contribution in [0.2, 0.25) is 18.1 Å². The average molecular weight is 278 g/mol. The molecule has 0 radical (unpaired) electrons. The molecular formula is C16H26O2Si. The third kappa shape index (κ3) is 4.01. The zero-order valence-electron chi connectivity index (χ0n) is 12.9. The molecule has 0 heterocycles. The van der Waals surface area contributed by atoms with Crippen LogP contribution in [0.15, 0.2) is 30.3 Å². The summed E-state index contributed by atoms with van der Waals surface area (Å²) >= 11 is 0. The standard InChI is InChI=1S/C16H26O2Si/c1-13(12-17)15(14-10-8-7-9-11-14)18-19(5,6)16(2,3)4/h7-13,15H,1-6H3. The summed E-state index contributed by atoms with van der Waals surface area (Å²) in [4.78, 5) is 11.2. The number of hydrogen-bond donors (Lipinski definition) is 0. The molecule has 2 nitrogen and oxygen atoms in total. The molecule has 3 heteroatoms. The van der Waals surface area contributed by atoms with Crippen LogP contribution in [0.3, 0.4) is 0 Å². The Morgan fingerprint density at radius 3 is 2.11 bits per heavy atom. The van der Waals surface area contributed by atoms with Gasteiger partial charge in [0.25, 0.3) is 0 Å². The second-order valence-corrected chi connectivity index (χ2v) is 11.5. The van der Waals surface area contributed by atoms with Crippen molar-refractivity contribution >= 4 is 14.6 Å². The maximum atomic E-state index is 11.2. The van der Waals surface area contributed by atoms with Crippen LogP contribution in [-0.2, 0) is 9.22 Å². The summed E-state index contributed by atoms with van der Waals surface area (Å²) < 4.78 is 6.45. The van der Waals surface area contributed by atoms with E-state index in [4.69, 9.17) is 4.43 Å². The van der Waals surface area contributed by atoms with Gasteiger partial charge in [0.1, 0.15) is 6.29 Å². The first kappa shape index (κ1) is 16.1. The lowest BCUT2D eigenvalue weighted by Gasteiger charge is -2.40. The van der Waals surface area contributed by atoms with Gasteiger partial charge in [-0.25, -0.2) is 0 Å². The number of carbonyl (C=O) groups is 1. The number of carbonyl (C=O) groups excluding carboxylic acids is 1. The second-order valence-electron chi connectivity index (χ2n) is 6.70. The lowest BCUT2D eigenvalue weighted by atomic mass is 9.99. The monoisotopic (exact) mass is 278 g/mol. The van der Waals surface area contributed by atoms with Crippen LogP contribution in [0.4, 0.5) is 0 Å². The molecule has 0 bridgehead atoms. The van der Waals surface area contributed by atoms with E-state index in [1.807, 2.05) is 37.3 Å². The van der Waals surface area contributed by atoms with E-state index < -0.39 is 8.32 Å². The van der Waals surface area contributed by atoms with Gasteiger partial charge in [0.15, 0.2) is 8.32 Å². The van der Waals surface area contributed by atoms with Gasteiger partial charge in [-0.2, -0.15) is 0 Å². The van der Waals surface area contributed by atoms with E-state index in [1.165, 1.54) is 0 Å². The molecule has 2 unspecified atom stereocenters. The Balaban J connectivity index is 3.04. The molecule has 0 N–H and O–H groups in total. The Morgan fingerprint density at radius 2 is 1.68 bits per heavy atom. The van der Waals surface area contributed by atoms with Crippen molar-refractivity contribution in [1.82, 2.24) is 0 Å². The SMILES string of the molecule is CC(C=O)C(O[Si](C)(C)C(C)(C)C)c1ccccc1. The lowest BCUT2D eigenvalue weighted by Crippen LogP contribution is -2.43. The number of benzene rings is 1. The third-order valence-corrected chi connectivity index (χ3v) is 8.50. The van der Waals surface area contributed by atoms with Crippen molar-refractivity contribution in [3.05, 3.63) is 35.9 Å². The Hall–Kier alpha value is -0.933. The van der Waals surface area contributed by atoms with Crippen LogP contribution < -0.4 is 0 Å². The minimum atomic E-state index is -1.89. The topological polar surface area (TPSA) is 26.3 Å². The first-order valence-electron chi connectivity index (χ1n) is 6.87. The van der Waals surface area contributed by atoms with Crippen LogP contribution in [-0.4, -0.2) is 14.6 Å². The number of aldehydes is 1. The van der Waals surface area contributed by atoms with Gasteiger partial charge in [0, 0.05) is 5.92 Å². The Bertz CT molecular complexity index is 407. The maximum Gasteiger partial charge on any atom is 0.192 e. The molecule has 106 valence electrons. The highest BCUT2D eigenvalue weighted by atomic mass is 28.4. The molecule has 1 aromatic carbocycles. The van der Waals surface area contributed by atoms with E-state index in [-0.39, 0.29) is 17.1 Å². The molecule has 19 heavy (non-hydrogen) atoms. The summed E-state index contributed by atoms with van der Waals surface area (Å²) in [6.45, 7) is 13.0. The smallest absolute Gasteiger partial charge is 0.192 e. The predicted molar refractivity (Wildman–Crippen MR) is 82.7 cm³/mol. The summed E-state index contributed by atoms with van der Waals surface area (Å²) in [6.07, 6.45) is 0.852. The third-order valence-electron chi connectivity index (χ3n) is 4.05. The molecule has 1 aromatic rings. The molecule has 0 aliphatic carbocycles. The molecule has 0 aromatic heterocycles. The quantitative estimate of drug-likeness (QED) is 0.582. The van der Waals surface area contributed by atoms with Gasteiger partial charge in [0.05, 0.1) is 6.10 Å². The first-order chi connectivity index (χ1) is 8.69. The molecule has 0 aliphatic rings. The molecule has 0 spiro atoms. The lowest BCUT2D eigenvalue weighted by molar-refractivity contribution is -0.113. The summed E-state index contributed by atoms with van der Waals surface area (Å²) in [5.74, 6) is -0.128. The van der Waals surface area contributed by atoms with Gasteiger partial charge >= 0.3 is 0 Å². The van der Waals surface area contributed by atoms with Crippen LogP contribution >= 0.6 is 0 Å². The fourth-order valence-electron chi connectivity index (χ4n) is 1.69. The normalized spacial score (nSPS) is 15.9. The average Bonchev–Trinajstić information content (AvgIpc) is 2.35. The van der Waals surface area contributed by atoms with Crippen LogP contribution in [0, 0.1) is 5.92 Å². The van der Waals surface area contributed by atoms with Crippen molar-refractivity contribution in [2.45, 2.75) is 51.9 Å². The van der Waals surface area contributed by atoms with E-state index in [2.05, 4.69) is 33.9 Å². The van der Waals surface area contributed by atoms with E-state index >= 15 is 0 Å². The Kier molecular flexibility index (Phi) is 5.10. The highest BCUT2D eigenvalue weighted by Crippen LogP contribution is 2.41. The van der Waals surface area contributed by atoms with E-state index in [0.717, 1.165) is 11.8 Å². The highest BCUT2D eigenvalue weighted by molar-refractivity contribution is 6.74. The van der Waals surface area contributed by atoms with Gasteiger partial charge in [-0.1, -0.05) is 58.0 Å². The van der Waals surface area contributed by atoms with Crippen molar-refractivity contribution < 1.29 is 9.22 Å². The Morgan fingerprint density at radius 1 is 1.16 bits per heavy atom. The van der Waals surface area contributed by atoms with Crippen molar-refractivity contribution in [1.29, 1.82) is 0 Å². The highest BCUT2D eigenvalue weighted by Gasteiger charge is 2.40. The van der Waals surface area contributed by atoms with Gasteiger partial charge in [-0.3, -0.25) is 0 Å². The molecule has 1 rings (SSSR count). The minimum absolute atomic E-state index is 0.128. The second kappa shape index (κ2) is 6.01. The van der Waals surface area contributed by atoms with Crippen molar-refractivity contribution in [2.24, 2.45) is 5.92 Å². The van der Waals surface area contributed by atoms with E-state index in [0.29, 0.717) is 0 Å². The summed E-state index contributed by atoms with van der Waals surface area (Å²) in [7, 11) is -1.89. The van der Waals surface area contributed by atoms with Crippen molar-refractivity contribution in [3.63, 3.8) is 0 Å². The molecule has 0 fully saturated rings. The predicted octanol–water partition coefficient (Wildman–Crippen LogP) is 4.58. The fraction of sp³-hybridized carbons (Fsp3) is 0.562. The summed E-state index contributed by atoms with van der Waals surface area (Å²) in [6, 6.07) is 10.1. The van der Waals surface area contributed by atoms with Gasteiger partial charge < -0.3 is 9.22 Å². The largest absolute Gasteiger partial charge is 0.409 e. The first-order valence-corrected chi connectivity index (χ1v) is 9.78. The Labute approximate surface area is 118 Å². The van der Waals surface area contributed by atoms with Crippen LogP contribution in [0.1, 0.15) is 39.4 Å².